The minimum Gasteiger partial charge on any atom is -0.377 e. The highest BCUT2D eigenvalue weighted by Gasteiger charge is 2.34. The van der Waals surface area contributed by atoms with Gasteiger partial charge in [-0.2, -0.15) is 0 Å². The number of hydrogen-bond acceptors (Lipinski definition) is 5. The lowest BCUT2D eigenvalue weighted by Crippen LogP contribution is -2.52. The molecule has 0 spiro atoms. The summed E-state index contributed by atoms with van der Waals surface area (Å²) in [6.07, 6.45) is 2.23. The minimum absolute atomic E-state index is 0.129. The summed E-state index contributed by atoms with van der Waals surface area (Å²) in [5.41, 5.74) is 1.38. The molecule has 152 valence electrons. The van der Waals surface area contributed by atoms with Crippen molar-refractivity contribution in [2.45, 2.75) is 32.4 Å². The van der Waals surface area contributed by atoms with Gasteiger partial charge in [0.2, 0.25) is 0 Å². The maximum absolute atomic E-state index is 13.1. The molecule has 1 aliphatic rings. The molecule has 1 fully saturated rings. The molecule has 3 heterocycles. The Balaban J connectivity index is 1.63. The third kappa shape index (κ3) is 3.42. The predicted molar refractivity (Wildman–Crippen MR) is 104 cm³/mol. The smallest absolute Gasteiger partial charge is 0.338 e. The fourth-order valence-corrected chi connectivity index (χ4v) is 3.60. The SMILES string of the molecule is CCCn1c(=O)n(C(=O)N2CC(c3ccc(F)cc3)C2)c2cnc(COC)nc21. The molecule has 0 unspecified atom stereocenters. The molecule has 1 aliphatic heterocycles. The number of imidazole rings is 1. The normalized spacial score (nSPS) is 14.4. The van der Waals surface area contributed by atoms with Crippen LogP contribution < -0.4 is 5.69 Å². The van der Waals surface area contributed by atoms with Crippen molar-refractivity contribution in [1.29, 1.82) is 0 Å². The van der Waals surface area contributed by atoms with Crippen molar-refractivity contribution in [2.24, 2.45) is 0 Å². The number of aryl methyl sites for hydroxylation is 1. The summed E-state index contributed by atoms with van der Waals surface area (Å²) in [7, 11) is 1.54. The molecular weight excluding hydrogens is 377 g/mol. The second-order valence-electron chi connectivity index (χ2n) is 7.13. The van der Waals surface area contributed by atoms with Crippen molar-refractivity contribution < 1.29 is 13.9 Å². The highest BCUT2D eigenvalue weighted by Crippen LogP contribution is 2.28. The maximum atomic E-state index is 13.1. The first kappa shape index (κ1) is 19.3. The summed E-state index contributed by atoms with van der Waals surface area (Å²) in [6, 6.07) is 5.89. The Morgan fingerprint density at radius 1 is 1.28 bits per heavy atom. The van der Waals surface area contributed by atoms with E-state index in [2.05, 4.69) is 9.97 Å². The summed E-state index contributed by atoms with van der Waals surface area (Å²) in [5.74, 6) is 0.294. The molecule has 1 amide bonds. The zero-order chi connectivity index (χ0) is 20.5. The van der Waals surface area contributed by atoms with Gasteiger partial charge in [-0.15, -0.1) is 0 Å². The van der Waals surface area contributed by atoms with Crippen LogP contribution in [0.4, 0.5) is 9.18 Å². The fraction of sp³-hybridized carbons (Fsp3) is 0.400. The van der Waals surface area contributed by atoms with E-state index in [1.807, 2.05) is 6.92 Å². The van der Waals surface area contributed by atoms with Crippen molar-refractivity contribution in [2.75, 3.05) is 20.2 Å². The summed E-state index contributed by atoms with van der Waals surface area (Å²) in [5, 5.41) is 0. The van der Waals surface area contributed by atoms with Gasteiger partial charge in [0.1, 0.15) is 17.9 Å². The van der Waals surface area contributed by atoms with Gasteiger partial charge in [-0.05, 0) is 24.1 Å². The van der Waals surface area contributed by atoms with E-state index in [0.717, 1.165) is 16.6 Å². The molecule has 1 saturated heterocycles. The molecular formula is C20H22FN5O3. The molecule has 0 radical (unpaired) electrons. The lowest BCUT2D eigenvalue weighted by Gasteiger charge is -2.39. The number of nitrogens with zero attached hydrogens (tertiary/aromatic N) is 5. The summed E-state index contributed by atoms with van der Waals surface area (Å²) in [6.45, 7) is 3.58. The first-order valence-corrected chi connectivity index (χ1v) is 9.54. The van der Waals surface area contributed by atoms with Crippen LogP contribution in [0.2, 0.25) is 0 Å². The number of aromatic nitrogens is 4. The number of carbonyl (C=O) groups is 1. The van der Waals surface area contributed by atoms with Crippen LogP contribution in [0.5, 0.6) is 0 Å². The van der Waals surface area contributed by atoms with E-state index in [0.29, 0.717) is 36.6 Å². The van der Waals surface area contributed by atoms with Gasteiger partial charge in [-0.25, -0.2) is 28.5 Å². The second-order valence-corrected chi connectivity index (χ2v) is 7.13. The van der Waals surface area contributed by atoms with E-state index >= 15 is 0 Å². The summed E-state index contributed by atoms with van der Waals surface area (Å²) >= 11 is 0. The van der Waals surface area contributed by atoms with Gasteiger partial charge in [0.25, 0.3) is 0 Å². The number of methoxy groups -OCH3 is 1. The maximum Gasteiger partial charge on any atom is 0.338 e. The minimum atomic E-state index is -0.416. The van der Waals surface area contributed by atoms with Crippen molar-refractivity contribution >= 4 is 17.2 Å². The number of halogens is 1. The van der Waals surface area contributed by atoms with Crippen molar-refractivity contribution in [3.05, 3.63) is 58.2 Å². The number of likely N-dealkylation sites (tertiary alicyclic amines) is 1. The molecule has 0 aliphatic carbocycles. The Kier molecular flexibility index (Phi) is 5.14. The van der Waals surface area contributed by atoms with Crippen molar-refractivity contribution in [1.82, 2.24) is 24.0 Å². The molecule has 29 heavy (non-hydrogen) atoms. The van der Waals surface area contributed by atoms with E-state index in [4.69, 9.17) is 4.74 Å². The zero-order valence-corrected chi connectivity index (χ0v) is 16.3. The van der Waals surface area contributed by atoms with Gasteiger partial charge in [0.15, 0.2) is 11.5 Å². The number of ether oxygens (including phenoxy) is 1. The average Bonchev–Trinajstić information content (AvgIpc) is 2.94. The van der Waals surface area contributed by atoms with Crippen LogP contribution in [0.15, 0.2) is 35.3 Å². The monoisotopic (exact) mass is 399 g/mol. The number of amides is 1. The zero-order valence-electron chi connectivity index (χ0n) is 16.3. The number of rotatable bonds is 5. The molecule has 9 heteroatoms. The Morgan fingerprint density at radius 2 is 2.00 bits per heavy atom. The van der Waals surface area contributed by atoms with E-state index in [1.165, 1.54) is 22.9 Å². The van der Waals surface area contributed by atoms with Crippen LogP contribution in [0.1, 0.15) is 30.7 Å². The quantitative estimate of drug-likeness (QED) is 0.658. The molecule has 3 aromatic rings. The van der Waals surface area contributed by atoms with E-state index in [-0.39, 0.29) is 18.3 Å². The molecule has 2 aromatic heterocycles. The van der Waals surface area contributed by atoms with Crippen LogP contribution in [0, 0.1) is 5.82 Å². The number of benzene rings is 1. The van der Waals surface area contributed by atoms with Gasteiger partial charge in [0, 0.05) is 32.7 Å². The average molecular weight is 399 g/mol. The highest BCUT2D eigenvalue weighted by atomic mass is 19.1. The van der Waals surface area contributed by atoms with Crippen LogP contribution in [0.25, 0.3) is 11.2 Å². The molecule has 8 nitrogen and oxygen atoms in total. The van der Waals surface area contributed by atoms with Crippen molar-refractivity contribution in [3.8, 4) is 0 Å². The molecule has 0 saturated carbocycles. The first-order chi connectivity index (χ1) is 14.0. The van der Waals surface area contributed by atoms with Crippen molar-refractivity contribution in [3.63, 3.8) is 0 Å². The Labute approximate surface area is 166 Å². The molecule has 0 atom stereocenters. The van der Waals surface area contributed by atoms with E-state index < -0.39 is 11.7 Å². The fourth-order valence-electron chi connectivity index (χ4n) is 3.60. The highest BCUT2D eigenvalue weighted by molar-refractivity contribution is 5.88. The standard InChI is InChI=1S/C20H22FN5O3/c1-3-8-25-18-16(9-22-17(23-18)12-29-2)26(20(25)28)19(27)24-10-14(11-24)13-4-6-15(21)7-5-13/h4-7,9,14H,3,8,10-12H2,1-2H3. The number of hydrogen-bond donors (Lipinski definition) is 0. The van der Waals surface area contributed by atoms with Gasteiger partial charge in [0.05, 0.1) is 6.20 Å². The van der Waals surface area contributed by atoms with Crippen LogP contribution in [-0.4, -0.2) is 50.2 Å². The Hall–Kier alpha value is -3.07. The lowest BCUT2D eigenvalue weighted by molar-refractivity contribution is 0.152. The Bertz CT molecular complexity index is 1100. The molecule has 0 N–H and O–H groups in total. The third-order valence-electron chi connectivity index (χ3n) is 5.12. The van der Waals surface area contributed by atoms with E-state index in [1.54, 1.807) is 24.1 Å². The predicted octanol–water partition coefficient (Wildman–Crippen LogP) is 2.36. The number of fused-ring (bicyclic) bond motifs is 1. The second kappa shape index (κ2) is 7.75. The van der Waals surface area contributed by atoms with Gasteiger partial charge in [-0.1, -0.05) is 19.1 Å². The van der Waals surface area contributed by atoms with Crippen LogP contribution in [-0.2, 0) is 17.9 Å². The van der Waals surface area contributed by atoms with Gasteiger partial charge < -0.3 is 9.64 Å². The number of carbonyl (C=O) groups excluding carboxylic acids is 1. The summed E-state index contributed by atoms with van der Waals surface area (Å²) < 4.78 is 20.8. The molecule has 0 bridgehead atoms. The Morgan fingerprint density at radius 3 is 2.66 bits per heavy atom. The molecule has 4 rings (SSSR count). The largest absolute Gasteiger partial charge is 0.377 e. The summed E-state index contributed by atoms with van der Waals surface area (Å²) in [4.78, 5) is 36.3. The van der Waals surface area contributed by atoms with Crippen LogP contribution in [0.3, 0.4) is 0 Å². The molecule has 1 aromatic carbocycles. The van der Waals surface area contributed by atoms with E-state index in [9.17, 15) is 14.0 Å². The topological polar surface area (TPSA) is 82.2 Å². The first-order valence-electron chi connectivity index (χ1n) is 9.54. The van der Waals surface area contributed by atoms with Crippen LogP contribution >= 0.6 is 0 Å². The third-order valence-corrected chi connectivity index (χ3v) is 5.12. The van der Waals surface area contributed by atoms with Gasteiger partial charge in [-0.3, -0.25) is 4.57 Å². The van der Waals surface area contributed by atoms with Gasteiger partial charge >= 0.3 is 11.7 Å². The lowest BCUT2D eigenvalue weighted by atomic mass is 9.92.